The van der Waals surface area contributed by atoms with E-state index in [1.807, 2.05) is 26.0 Å². The normalized spacial score (nSPS) is 10.4. The molecule has 0 aliphatic rings. The first kappa shape index (κ1) is 19.5. The summed E-state index contributed by atoms with van der Waals surface area (Å²) < 4.78 is 5.48. The standard InChI is InChI=1S/C16H24N2O2.ClH/c1-4-11-20-14-10-8-7-9-13(14)15(19)18-12-16(17,5-2)6-3;/h4,7-10H,1,5-6,11-12,17H2,2-3H3,(H,18,19);1H. The number of hydrogen-bond donors (Lipinski definition) is 2. The molecule has 0 radical (unpaired) electrons. The molecule has 1 aromatic rings. The van der Waals surface area contributed by atoms with Crippen molar-refractivity contribution in [2.45, 2.75) is 32.2 Å². The lowest BCUT2D eigenvalue weighted by Crippen LogP contribution is -2.49. The summed E-state index contributed by atoms with van der Waals surface area (Å²) >= 11 is 0. The van der Waals surface area contributed by atoms with E-state index in [-0.39, 0.29) is 23.9 Å². The number of nitrogens with one attached hydrogen (secondary N) is 1. The average Bonchev–Trinajstić information content (AvgIpc) is 2.50. The number of benzene rings is 1. The van der Waals surface area contributed by atoms with Gasteiger partial charge in [0.1, 0.15) is 12.4 Å². The fourth-order valence-electron chi connectivity index (χ4n) is 1.78. The minimum atomic E-state index is -0.355. The second-order valence-electron chi connectivity index (χ2n) is 4.85. The Labute approximate surface area is 133 Å². The zero-order chi connectivity index (χ0) is 15.0. The highest BCUT2D eigenvalue weighted by Gasteiger charge is 2.22. The molecule has 118 valence electrons. The van der Waals surface area contributed by atoms with Gasteiger partial charge in [-0.3, -0.25) is 4.79 Å². The molecule has 0 aromatic heterocycles. The lowest BCUT2D eigenvalue weighted by molar-refractivity contribution is 0.0938. The van der Waals surface area contributed by atoms with E-state index in [1.165, 1.54) is 0 Å². The summed E-state index contributed by atoms with van der Waals surface area (Å²) in [4.78, 5) is 12.2. The third-order valence-electron chi connectivity index (χ3n) is 3.50. The molecule has 0 atom stereocenters. The van der Waals surface area contributed by atoms with Crippen LogP contribution in [0.1, 0.15) is 37.0 Å². The molecule has 1 amide bonds. The van der Waals surface area contributed by atoms with Crippen LogP contribution in [0.3, 0.4) is 0 Å². The Morgan fingerprint density at radius 2 is 2.00 bits per heavy atom. The lowest BCUT2D eigenvalue weighted by atomic mass is 9.94. The van der Waals surface area contributed by atoms with Gasteiger partial charge >= 0.3 is 0 Å². The van der Waals surface area contributed by atoms with Crippen LogP contribution in [0.25, 0.3) is 0 Å². The van der Waals surface area contributed by atoms with Crippen LogP contribution in [0.15, 0.2) is 36.9 Å². The Bertz CT molecular complexity index is 459. The number of nitrogens with two attached hydrogens (primary N) is 1. The molecule has 0 aliphatic heterocycles. The SMILES string of the molecule is C=CCOc1ccccc1C(=O)NCC(N)(CC)CC.Cl. The van der Waals surface area contributed by atoms with Gasteiger partial charge in [0, 0.05) is 12.1 Å². The molecule has 0 fully saturated rings. The molecule has 21 heavy (non-hydrogen) atoms. The summed E-state index contributed by atoms with van der Waals surface area (Å²) in [6.07, 6.45) is 3.28. The fraction of sp³-hybridized carbons (Fsp3) is 0.438. The van der Waals surface area contributed by atoms with Gasteiger partial charge in [0.15, 0.2) is 0 Å². The first-order valence-corrected chi connectivity index (χ1v) is 6.96. The van der Waals surface area contributed by atoms with E-state index in [0.717, 1.165) is 12.8 Å². The molecular formula is C16H25ClN2O2. The molecule has 0 saturated carbocycles. The topological polar surface area (TPSA) is 64.3 Å². The summed E-state index contributed by atoms with van der Waals surface area (Å²) in [5.74, 6) is 0.391. The van der Waals surface area contributed by atoms with Crippen LogP contribution in [-0.2, 0) is 0 Å². The monoisotopic (exact) mass is 312 g/mol. The molecule has 0 bridgehead atoms. The molecule has 1 rings (SSSR count). The maximum Gasteiger partial charge on any atom is 0.255 e. The van der Waals surface area contributed by atoms with Crippen LogP contribution in [-0.4, -0.2) is 24.6 Å². The Balaban J connectivity index is 0.00000400. The van der Waals surface area contributed by atoms with Crippen molar-refractivity contribution in [2.24, 2.45) is 5.73 Å². The van der Waals surface area contributed by atoms with Crippen molar-refractivity contribution in [2.75, 3.05) is 13.2 Å². The Hall–Kier alpha value is -1.52. The Morgan fingerprint density at radius 3 is 2.57 bits per heavy atom. The Kier molecular flexibility index (Phi) is 8.74. The third kappa shape index (κ3) is 5.78. The zero-order valence-corrected chi connectivity index (χ0v) is 13.5. The van der Waals surface area contributed by atoms with Gasteiger partial charge in [-0.05, 0) is 25.0 Å². The van der Waals surface area contributed by atoms with Gasteiger partial charge in [0.2, 0.25) is 0 Å². The highest BCUT2D eigenvalue weighted by atomic mass is 35.5. The summed E-state index contributed by atoms with van der Waals surface area (Å²) in [6, 6.07) is 7.16. The van der Waals surface area contributed by atoms with Crippen molar-refractivity contribution < 1.29 is 9.53 Å². The lowest BCUT2D eigenvalue weighted by Gasteiger charge is -2.27. The minimum absolute atomic E-state index is 0. The van der Waals surface area contributed by atoms with Gasteiger partial charge in [-0.25, -0.2) is 0 Å². The molecule has 0 spiro atoms. The van der Waals surface area contributed by atoms with Crippen molar-refractivity contribution in [3.05, 3.63) is 42.5 Å². The summed E-state index contributed by atoms with van der Waals surface area (Å²) in [5, 5.41) is 2.89. The molecule has 5 heteroatoms. The second kappa shape index (κ2) is 9.42. The minimum Gasteiger partial charge on any atom is -0.489 e. The summed E-state index contributed by atoms with van der Waals surface area (Å²) in [6.45, 7) is 8.47. The molecule has 1 aromatic carbocycles. The Morgan fingerprint density at radius 1 is 1.38 bits per heavy atom. The van der Waals surface area contributed by atoms with Crippen molar-refractivity contribution >= 4 is 18.3 Å². The van der Waals surface area contributed by atoms with Crippen molar-refractivity contribution in [1.82, 2.24) is 5.32 Å². The van der Waals surface area contributed by atoms with Crippen molar-refractivity contribution in [3.8, 4) is 5.75 Å². The molecule has 0 aliphatic carbocycles. The van der Waals surface area contributed by atoms with E-state index in [9.17, 15) is 4.79 Å². The van der Waals surface area contributed by atoms with Gasteiger partial charge in [-0.15, -0.1) is 12.4 Å². The number of halogens is 1. The molecule has 4 nitrogen and oxygen atoms in total. The van der Waals surface area contributed by atoms with Crippen LogP contribution >= 0.6 is 12.4 Å². The largest absolute Gasteiger partial charge is 0.489 e. The number of hydrogen-bond acceptors (Lipinski definition) is 3. The van der Waals surface area contributed by atoms with E-state index in [2.05, 4.69) is 11.9 Å². The zero-order valence-electron chi connectivity index (χ0n) is 12.7. The second-order valence-corrected chi connectivity index (χ2v) is 4.85. The predicted octanol–water partition coefficient (Wildman–Crippen LogP) is 2.92. The quantitative estimate of drug-likeness (QED) is 0.725. The van der Waals surface area contributed by atoms with E-state index >= 15 is 0 Å². The number of para-hydroxylation sites is 1. The van der Waals surface area contributed by atoms with Crippen LogP contribution < -0.4 is 15.8 Å². The maximum absolute atomic E-state index is 12.2. The van der Waals surface area contributed by atoms with E-state index < -0.39 is 0 Å². The number of carbonyl (C=O) groups is 1. The molecule has 0 saturated heterocycles. The first-order chi connectivity index (χ1) is 9.56. The van der Waals surface area contributed by atoms with Crippen LogP contribution in [0.5, 0.6) is 5.75 Å². The van der Waals surface area contributed by atoms with Crippen LogP contribution in [0, 0.1) is 0 Å². The number of amides is 1. The highest BCUT2D eigenvalue weighted by Crippen LogP contribution is 2.18. The van der Waals surface area contributed by atoms with Gasteiger partial charge in [-0.1, -0.05) is 38.6 Å². The van der Waals surface area contributed by atoms with Crippen LogP contribution in [0.2, 0.25) is 0 Å². The average molecular weight is 313 g/mol. The first-order valence-electron chi connectivity index (χ1n) is 6.96. The van der Waals surface area contributed by atoms with E-state index in [0.29, 0.717) is 24.5 Å². The molecule has 3 N–H and O–H groups in total. The van der Waals surface area contributed by atoms with Gasteiger partial charge in [-0.2, -0.15) is 0 Å². The predicted molar refractivity (Wildman–Crippen MR) is 89.2 cm³/mol. The fourth-order valence-corrected chi connectivity index (χ4v) is 1.78. The molecule has 0 unspecified atom stereocenters. The smallest absolute Gasteiger partial charge is 0.255 e. The number of ether oxygens (including phenoxy) is 1. The highest BCUT2D eigenvalue weighted by molar-refractivity contribution is 5.96. The summed E-state index contributed by atoms with van der Waals surface area (Å²) in [5.41, 5.74) is 6.34. The molecule has 0 heterocycles. The van der Waals surface area contributed by atoms with Crippen LogP contribution in [0.4, 0.5) is 0 Å². The maximum atomic E-state index is 12.2. The summed E-state index contributed by atoms with van der Waals surface area (Å²) in [7, 11) is 0. The van der Waals surface area contributed by atoms with Gasteiger partial charge in [0.25, 0.3) is 5.91 Å². The molecular weight excluding hydrogens is 288 g/mol. The van der Waals surface area contributed by atoms with E-state index in [1.54, 1.807) is 18.2 Å². The number of rotatable bonds is 8. The van der Waals surface area contributed by atoms with E-state index in [4.69, 9.17) is 10.5 Å². The number of carbonyl (C=O) groups excluding carboxylic acids is 1. The van der Waals surface area contributed by atoms with Crippen molar-refractivity contribution in [3.63, 3.8) is 0 Å². The van der Waals surface area contributed by atoms with Gasteiger partial charge in [0.05, 0.1) is 5.56 Å². The van der Waals surface area contributed by atoms with Gasteiger partial charge < -0.3 is 15.8 Å². The van der Waals surface area contributed by atoms with Crippen molar-refractivity contribution in [1.29, 1.82) is 0 Å². The third-order valence-corrected chi connectivity index (χ3v) is 3.50.